The van der Waals surface area contributed by atoms with Gasteiger partial charge in [0, 0.05) is 18.5 Å². The van der Waals surface area contributed by atoms with Gasteiger partial charge < -0.3 is 10.6 Å². The molecule has 0 atom stereocenters. The number of carbonyl (C=O) groups excluding carboxylic acids is 2. The van der Waals surface area contributed by atoms with Crippen molar-refractivity contribution in [3.63, 3.8) is 0 Å². The molecule has 8 heteroatoms. The molecule has 0 spiro atoms. The van der Waals surface area contributed by atoms with Crippen molar-refractivity contribution in [2.24, 2.45) is 5.73 Å². The van der Waals surface area contributed by atoms with E-state index in [4.69, 9.17) is 5.73 Å². The summed E-state index contributed by atoms with van der Waals surface area (Å²) in [4.78, 5) is 25.3. The molecule has 0 bridgehead atoms. The minimum Gasteiger partial charge on any atom is -0.368 e. The molecule has 3 rings (SSSR count). The summed E-state index contributed by atoms with van der Waals surface area (Å²) >= 11 is 0. The van der Waals surface area contributed by atoms with E-state index < -0.39 is 5.91 Å². The molecule has 0 aliphatic carbocycles. The van der Waals surface area contributed by atoms with E-state index in [1.54, 1.807) is 0 Å². The molecular weight excluding hydrogens is 368 g/mol. The Balaban J connectivity index is 1.79. The normalized spacial score (nSPS) is 10.7. The standard InChI is InChI=1S/C21H24N6O2/c1-2-3-8-20(29)27(14-19(22)28)13-15-9-11-16(12-10-15)17-6-4-5-7-18(17)21-23-25-26-24-21/h4-7,9-12H,2-3,8,13-14H2,1H3,(H2,22,28)(H,23,24,25,26). The molecule has 150 valence electrons. The lowest BCUT2D eigenvalue weighted by molar-refractivity contribution is -0.135. The largest absolute Gasteiger partial charge is 0.368 e. The molecule has 2 aromatic carbocycles. The van der Waals surface area contributed by atoms with Crippen LogP contribution >= 0.6 is 0 Å². The Morgan fingerprint density at radius 2 is 1.79 bits per heavy atom. The van der Waals surface area contributed by atoms with Gasteiger partial charge in [-0.05, 0) is 28.3 Å². The van der Waals surface area contributed by atoms with Gasteiger partial charge in [0.1, 0.15) is 0 Å². The lowest BCUT2D eigenvalue weighted by Gasteiger charge is -2.21. The van der Waals surface area contributed by atoms with Crippen LogP contribution in [0.25, 0.3) is 22.5 Å². The Hall–Kier alpha value is -3.55. The quantitative estimate of drug-likeness (QED) is 0.580. The van der Waals surface area contributed by atoms with Gasteiger partial charge in [-0.2, -0.15) is 5.21 Å². The zero-order chi connectivity index (χ0) is 20.6. The highest BCUT2D eigenvalue weighted by Gasteiger charge is 2.16. The zero-order valence-electron chi connectivity index (χ0n) is 16.3. The van der Waals surface area contributed by atoms with Crippen LogP contribution in [0.5, 0.6) is 0 Å². The molecule has 8 nitrogen and oxygen atoms in total. The number of H-pyrrole nitrogens is 1. The number of nitrogens with zero attached hydrogens (tertiary/aromatic N) is 4. The number of aromatic nitrogens is 4. The van der Waals surface area contributed by atoms with Gasteiger partial charge in [-0.15, -0.1) is 10.2 Å². The number of benzene rings is 2. The highest BCUT2D eigenvalue weighted by Crippen LogP contribution is 2.29. The first-order valence-electron chi connectivity index (χ1n) is 9.56. The third-order valence-electron chi connectivity index (χ3n) is 4.60. The van der Waals surface area contributed by atoms with Crippen LogP contribution in [0, 0.1) is 0 Å². The summed E-state index contributed by atoms with van der Waals surface area (Å²) in [6.45, 7) is 2.29. The van der Waals surface area contributed by atoms with E-state index in [1.807, 2.05) is 55.5 Å². The van der Waals surface area contributed by atoms with Gasteiger partial charge in [-0.1, -0.05) is 61.9 Å². The van der Waals surface area contributed by atoms with Gasteiger partial charge in [-0.3, -0.25) is 9.59 Å². The van der Waals surface area contributed by atoms with Crippen LogP contribution in [-0.4, -0.2) is 43.9 Å². The smallest absolute Gasteiger partial charge is 0.237 e. The second-order valence-electron chi connectivity index (χ2n) is 6.80. The summed E-state index contributed by atoms with van der Waals surface area (Å²) < 4.78 is 0. The van der Waals surface area contributed by atoms with Crippen LogP contribution in [0.4, 0.5) is 0 Å². The van der Waals surface area contributed by atoms with Crippen molar-refractivity contribution in [1.29, 1.82) is 0 Å². The number of primary amides is 1. The maximum atomic E-state index is 12.4. The first kappa shape index (κ1) is 20.2. The van der Waals surface area contributed by atoms with Crippen molar-refractivity contribution in [1.82, 2.24) is 25.5 Å². The predicted octanol–water partition coefficient (Wildman–Crippen LogP) is 2.54. The topological polar surface area (TPSA) is 118 Å². The van der Waals surface area contributed by atoms with Gasteiger partial charge in [0.05, 0.1) is 6.54 Å². The number of carbonyl (C=O) groups is 2. The van der Waals surface area contributed by atoms with E-state index in [1.165, 1.54) is 4.90 Å². The molecule has 0 aliphatic rings. The van der Waals surface area contributed by atoms with E-state index in [2.05, 4.69) is 20.6 Å². The maximum absolute atomic E-state index is 12.4. The lowest BCUT2D eigenvalue weighted by atomic mass is 9.98. The first-order chi connectivity index (χ1) is 14.1. The fraction of sp³-hybridized carbons (Fsp3) is 0.286. The van der Waals surface area contributed by atoms with Crippen LogP contribution in [-0.2, 0) is 16.1 Å². The molecule has 0 aliphatic heterocycles. The number of nitrogens with two attached hydrogens (primary N) is 1. The number of tetrazole rings is 1. The van der Waals surface area contributed by atoms with Crippen molar-refractivity contribution in [3.05, 3.63) is 54.1 Å². The molecule has 0 fully saturated rings. The molecule has 0 saturated heterocycles. The van der Waals surface area contributed by atoms with Crippen molar-refractivity contribution >= 4 is 11.8 Å². The van der Waals surface area contributed by atoms with Crippen LogP contribution in [0.15, 0.2) is 48.5 Å². The van der Waals surface area contributed by atoms with E-state index in [0.717, 1.165) is 35.1 Å². The number of amides is 2. The molecular formula is C21H24N6O2. The number of hydrogen-bond donors (Lipinski definition) is 2. The number of aromatic amines is 1. The minimum absolute atomic E-state index is 0.0582. The number of nitrogens with one attached hydrogen (secondary N) is 1. The molecule has 1 aromatic heterocycles. The van der Waals surface area contributed by atoms with Crippen molar-refractivity contribution < 1.29 is 9.59 Å². The molecule has 29 heavy (non-hydrogen) atoms. The molecule has 0 unspecified atom stereocenters. The number of rotatable bonds is 9. The summed E-state index contributed by atoms with van der Waals surface area (Å²) in [5, 5.41) is 14.2. The van der Waals surface area contributed by atoms with Gasteiger partial charge in [0.25, 0.3) is 0 Å². The van der Waals surface area contributed by atoms with Gasteiger partial charge in [0.15, 0.2) is 0 Å². The average molecular weight is 392 g/mol. The zero-order valence-corrected chi connectivity index (χ0v) is 16.3. The van der Waals surface area contributed by atoms with E-state index in [-0.39, 0.29) is 12.5 Å². The predicted molar refractivity (Wildman–Crippen MR) is 109 cm³/mol. The third kappa shape index (κ3) is 5.25. The van der Waals surface area contributed by atoms with Crippen LogP contribution < -0.4 is 5.73 Å². The fourth-order valence-electron chi connectivity index (χ4n) is 3.12. The summed E-state index contributed by atoms with van der Waals surface area (Å²) in [5.41, 5.74) is 9.10. The molecule has 1 heterocycles. The van der Waals surface area contributed by atoms with Crippen molar-refractivity contribution in [3.8, 4) is 22.5 Å². The maximum Gasteiger partial charge on any atom is 0.237 e. The van der Waals surface area contributed by atoms with E-state index in [0.29, 0.717) is 18.8 Å². The first-order valence-corrected chi connectivity index (χ1v) is 9.56. The molecule has 3 N–H and O–H groups in total. The minimum atomic E-state index is -0.513. The Kier molecular flexibility index (Phi) is 6.67. The summed E-state index contributed by atoms with van der Waals surface area (Å²) in [7, 11) is 0. The molecule has 0 saturated carbocycles. The van der Waals surface area contributed by atoms with Crippen LogP contribution in [0.3, 0.4) is 0 Å². The Bertz CT molecular complexity index is 954. The van der Waals surface area contributed by atoms with Gasteiger partial charge in [0.2, 0.25) is 17.6 Å². The Morgan fingerprint density at radius 3 is 2.41 bits per heavy atom. The monoisotopic (exact) mass is 392 g/mol. The summed E-state index contributed by atoms with van der Waals surface area (Å²) in [6, 6.07) is 15.7. The second kappa shape index (κ2) is 9.59. The van der Waals surface area contributed by atoms with E-state index >= 15 is 0 Å². The molecule has 3 aromatic rings. The summed E-state index contributed by atoms with van der Waals surface area (Å²) in [5.74, 6) is -0.0449. The van der Waals surface area contributed by atoms with E-state index in [9.17, 15) is 9.59 Å². The van der Waals surface area contributed by atoms with Gasteiger partial charge in [-0.25, -0.2) is 0 Å². The third-order valence-corrected chi connectivity index (χ3v) is 4.60. The fourth-order valence-corrected chi connectivity index (χ4v) is 3.12. The highest BCUT2D eigenvalue weighted by atomic mass is 16.2. The Labute approximate surface area is 169 Å². The van der Waals surface area contributed by atoms with Gasteiger partial charge >= 0.3 is 0 Å². The van der Waals surface area contributed by atoms with Crippen molar-refractivity contribution in [2.45, 2.75) is 32.7 Å². The number of unbranched alkanes of at least 4 members (excludes halogenated alkanes) is 1. The molecule has 0 radical (unpaired) electrons. The number of hydrogen-bond acceptors (Lipinski definition) is 5. The second-order valence-corrected chi connectivity index (χ2v) is 6.80. The summed E-state index contributed by atoms with van der Waals surface area (Å²) in [6.07, 6.45) is 2.13. The van der Waals surface area contributed by atoms with Crippen LogP contribution in [0.1, 0.15) is 31.7 Å². The molecule has 2 amide bonds. The average Bonchev–Trinajstić information content (AvgIpc) is 3.26. The Morgan fingerprint density at radius 1 is 1.07 bits per heavy atom. The van der Waals surface area contributed by atoms with Crippen LogP contribution in [0.2, 0.25) is 0 Å². The van der Waals surface area contributed by atoms with Crippen molar-refractivity contribution in [2.75, 3.05) is 6.54 Å². The SMILES string of the molecule is CCCCC(=O)N(CC(N)=O)Cc1ccc(-c2ccccc2-c2nn[nH]n2)cc1. The highest BCUT2D eigenvalue weighted by molar-refractivity contribution is 5.84. The lowest BCUT2D eigenvalue weighted by Crippen LogP contribution is -2.37.